The van der Waals surface area contributed by atoms with Crippen molar-refractivity contribution in [2.45, 2.75) is 52.2 Å². The lowest BCUT2D eigenvalue weighted by Crippen LogP contribution is -2.38. The van der Waals surface area contributed by atoms with E-state index >= 15 is 0 Å². The maximum absolute atomic E-state index is 12.0. The van der Waals surface area contributed by atoms with E-state index in [-0.39, 0.29) is 24.8 Å². The van der Waals surface area contributed by atoms with Crippen LogP contribution in [0.2, 0.25) is 0 Å². The molecule has 0 saturated heterocycles. The van der Waals surface area contributed by atoms with Crippen LogP contribution in [0.15, 0.2) is 24.3 Å². The average molecular weight is 364 g/mol. The molecule has 1 amide bonds. The van der Waals surface area contributed by atoms with E-state index in [0.29, 0.717) is 18.6 Å². The molecule has 0 unspecified atom stereocenters. The van der Waals surface area contributed by atoms with Gasteiger partial charge in [-0.3, -0.25) is 14.4 Å². The van der Waals surface area contributed by atoms with Crippen LogP contribution >= 0.6 is 0 Å². The molecule has 7 heteroatoms. The van der Waals surface area contributed by atoms with Crippen molar-refractivity contribution in [3.05, 3.63) is 35.4 Å². The van der Waals surface area contributed by atoms with E-state index in [2.05, 4.69) is 5.32 Å². The summed E-state index contributed by atoms with van der Waals surface area (Å²) in [6.45, 7) is 7.61. The van der Waals surface area contributed by atoms with Crippen molar-refractivity contribution in [2.24, 2.45) is 5.73 Å². The highest BCUT2D eigenvalue weighted by Gasteiger charge is 2.22. The molecular formula is C19H28N2O5. The molecule has 0 saturated carbocycles. The Morgan fingerprint density at radius 3 is 2.31 bits per heavy atom. The molecule has 0 aliphatic rings. The number of nitrogens with one attached hydrogen (secondary N) is 1. The quantitative estimate of drug-likeness (QED) is 0.678. The number of amides is 1. The number of ether oxygens (including phenoxy) is 2. The van der Waals surface area contributed by atoms with Gasteiger partial charge in [0.05, 0.1) is 13.0 Å². The fourth-order valence-electron chi connectivity index (χ4n) is 2.12. The van der Waals surface area contributed by atoms with E-state index in [1.807, 2.05) is 0 Å². The highest BCUT2D eigenvalue weighted by molar-refractivity contribution is 5.94. The minimum Gasteiger partial charge on any atom is -0.466 e. The van der Waals surface area contributed by atoms with Crippen molar-refractivity contribution in [3.8, 4) is 0 Å². The third-order valence-corrected chi connectivity index (χ3v) is 3.30. The lowest BCUT2D eigenvalue weighted by molar-refractivity contribution is -0.156. The predicted molar refractivity (Wildman–Crippen MR) is 97.5 cm³/mol. The third kappa shape index (κ3) is 8.11. The fraction of sp³-hybridized carbons (Fsp3) is 0.526. The molecule has 0 fully saturated rings. The van der Waals surface area contributed by atoms with Gasteiger partial charge in [-0.2, -0.15) is 0 Å². The van der Waals surface area contributed by atoms with E-state index in [9.17, 15) is 14.4 Å². The van der Waals surface area contributed by atoms with Crippen LogP contribution in [0, 0.1) is 0 Å². The van der Waals surface area contributed by atoms with E-state index < -0.39 is 17.6 Å². The summed E-state index contributed by atoms with van der Waals surface area (Å²) >= 11 is 0. The average Bonchev–Trinajstić information content (AvgIpc) is 2.54. The van der Waals surface area contributed by atoms with Gasteiger partial charge >= 0.3 is 11.9 Å². The first kappa shape index (κ1) is 21.6. The van der Waals surface area contributed by atoms with Crippen molar-refractivity contribution in [1.82, 2.24) is 5.32 Å². The molecule has 3 N–H and O–H groups in total. The SMILES string of the molecule is CCOC(=O)CCNC(=O)c1ccc(C[C@H](N)C(=O)OC(C)(C)C)cc1. The summed E-state index contributed by atoms with van der Waals surface area (Å²) in [6.07, 6.45) is 0.447. The molecule has 0 heterocycles. The standard InChI is InChI=1S/C19H28N2O5/c1-5-25-16(22)10-11-21-17(23)14-8-6-13(7-9-14)12-15(20)18(24)26-19(2,3)4/h6-9,15H,5,10-12,20H2,1-4H3,(H,21,23)/t15-/m0/s1. The topological polar surface area (TPSA) is 108 Å². The largest absolute Gasteiger partial charge is 0.466 e. The molecule has 0 bridgehead atoms. The van der Waals surface area contributed by atoms with E-state index in [1.54, 1.807) is 52.0 Å². The molecule has 0 aromatic heterocycles. The van der Waals surface area contributed by atoms with Crippen LogP contribution in [0.3, 0.4) is 0 Å². The number of esters is 2. The summed E-state index contributed by atoms with van der Waals surface area (Å²) in [6, 6.07) is 6.02. The van der Waals surface area contributed by atoms with Crippen LogP contribution in [0.5, 0.6) is 0 Å². The number of hydrogen-bond acceptors (Lipinski definition) is 6. The molecule has 1 aromatic carbocycles. The zero-order valence-electron chi connectivity index (χ0n) is 15.8. The van der Waals surface area contributed by atoms with Crippen LogP contribution in [0.1, 0.15) is 50.0 Å². The lowest BCUT2D eigenvalue weighted by atomic mass is 10.0. The summed E-state index contributed by atoms with van der Waals surface area (Å²) in [5.74, 6) is -1.09. The van der Waals surface area contributed by atoms with Gasteiger partial charge in [0, 0.05) is 12.1 Å². The first-order chi connectivity index (χ1) is 12.1. The number of rotatable bonds is 8. The second-order valence-electron chi connectivity index (χ2n) is 6.85. The molecule has 26 heavy (non-hydrogen) atoms. The molecule has 1 aromatic rings. The molecule has 1 rings (SSSR count). The Bertz CT molecular complexity index is 620. The highest BCUT2D eigenvalue weighted by atomic mass is 16.6. The fourth-order valence-corrected chi connectivity index (χ4v) is 2.12. The molecular weight excluding hydrogens is 336 g/mol. The molecule has 0 spiro atoms. The van der Waals surface area contributed by atoms with Gasteiger partial charge in [0.2, 0.25) is 0 Å². The Balaban J connectivity index is 2.51. The summed E-state index contributed by atoms with van der Waals surface area (Å²) in [5, 5.41) is 2.65. The maximum atomic E-state index is 12.0. The molecule has 1 atom stereocenters. The summed E-state index contributed by atoms with van der Waals surface area (Å²) in [4.78, 5) is 35.2. The Labute approximate surface area is 154 Å². The van der Waals surface area contributed by atoms with Gasteiger partial charge in [0.15, 0.2) is 0 Å². The third-order valence-electron chi connectivity index (χ3n) is 3.30. The molecule has 0 aliphatic carbocycles. The second kappa shape index (κ2) is 9.91. The minimum atomic E-state index is -0.765. The highest BCUT2D eigenvalue weighted by Crippen LogP contribution is 2.11. The van der Waals surface area contributed by atoms with Crippen LogP contribution in [-0.4, -0.2) is 42.6 Å². The smallest absolute Gasteiger partial charge is 0.323 e. The van der Waals surface area contributed by atoms with Crippen LogP contribution in [-0.2, 0) is 25.5 Å². The monoisotopic (exact) mass is 364 g/mol. The van der Waals surface area contributed by atoms with Gasteiger partial charge in [0.25, 0.3) is 5.91 Å². The summed E-state index contributed by atoms with van der Waals surface area (Å²) in [5.41, 5.74) is 6.58. The molecule has 0 radical (unpaired) electrons. The second-order valence-corrected chi connectivity index (χ2v) is 6.85. The molecule has 7 nitrogen and oxygen atoms in total. The Hall–Kier alpha value is -2.41. The van der Waals surface area contributed by atoms with E-state index in [4.69, 9.17) is 15.2 Å². The Kier molecular flexibility index (Phi) is 8.25. The minimum absolute atomic E-state index is 0.127. The number of carbonyl (C=O) groups excluding carboxylic acids is 3. The van der Waals surface area contributed by atoms with Gasteiger partial charge in [-0.05, 0) is 51.8 Å². The van der Waals surface area contributed by atoms with Crippen LogP contribution < -0.4 is 11.1 Å². The van der Waals surface area contributed by atoms with Crippen molar-refractivity contribution in [3.63, 3.8) is 0 Å². The number of benzene rings is 1. The van der Waals surface area contributed by atoms with E-state index in [0.717, 1.165) is 5.56 Å². The normalized spacial score (nSPS) is 12.2. The van der Waals surface area contributed by atoms with Gasteiger partial charge in [-0.1, -0.05) is 12.1 Å². The summed E-state index contributed by atoms with van der Waals surface area (Å²) in [7, 11) is 0. The van der Waals surface area contributed by atoms with Gasteiger partial charge in [-0.15, -0.1) is 0 Å². The summed E-state index contributed by atoms with van der Waals surface area (Å²) < 4.78 is 10.0. The van der Waals surface area contributed by atoms with Gasteiger partial charge in [0.1, 0.15) is 11.6 Å². The first-order valence-corrected chi connectivity index (χ1v) is 8.63. The first-order valence-electron chi connectivity index (χ1n) is 8.63. The van der Waals surface area contributed by atoms with Crippen molar-refractivity contribution in [2.75, 3.05) is 13.2 Å². The lowest BCUT2D eigenvalue weighted by Gasteiger charge is -2.22. The van der Waals surface area contributed by atoms with Gasteiger partial charge < -0.3 is 20.5 Å². The molecule has 0 aliphatic heterocycles. The number of hydrogen-bond donors (Lipinski definition) is 2. The number of carbonyl (C=O) groups is 3. The number of nitrogens with two attached hydrogens (primary N) is 1. The van der Waals surface area contributed by atoms with Crippen LogP contribution in [0.25, 0.3) is 0 Å². The predicted octanol–water partition coefficient (Wildman–Crippen LogP) is 1.58. The van der Waals surface area contributed by atoms with Crippen LogP contribution in [0.4, 0.5) is 0 Å². The Morgan fingerprint density at radius 1 is 1.15 bits per heavy atom. The maximum Gasteiger partial charge on any atom is 0.323 e. The zero-order valence-corrected chi connectivity index (χ0v) is 15.8. The Morgan fingerprint density at radius 2 is 1.77 bits per heavy atom. The van der Waals surface area contributed by atoms with Gasteiger partial charge in [-0.25, -0.2) is 0 Å². The van der Waals surface area contributed by atoms with Crippen molar-refractivity contribution < 1.29 is 23.9 Å². The van der Waals surface area contributed by atoms with Crippen molar-refractivity contribution in [1.29, 1.82) is 0 Å². The zero-order chi connectivity index (χ0) is 19.7. The van der Waals surface area contributed by atoms with Crippen molar-refractivity contribution >= 4 is 17.8 Å². The molecule has 144 valence electrons. The van der Waals surface area contributed by atoms with E-state index in [1.165, 1.54) is 0 Å².